The zero-order chi connectivity index (χ0) is 17.7. The van der Waals surface area contributed by atoms with Crippen molar-refractivity contribution in [2.24, 2.45) is 0 Å². The Kier molecular flexibility index (Phi) is 3.55. The zero-order valence-corrected chi connectivity index (χ0v) is 14.9. The normalized spacial score (nSPS) is 27.1. The van der Waals surface area contributed by atoms with Crippen molar-refractivity contribution in [3.8, 4) is 17.5 Å². The summed E-state index contributed by atoms with van der Waals surface area (Å²) in [6.45, 7) is 0.238. The number of hydrogen-bond acceptors (Lipinski definition) is 3. The molecule has 1 aromatic carbocycles. The third kappa shape index (κ3) is 2.17. The van der Waals surface area contributed by atoms with Crippen molar-refractivity contribution in [2.75, 3.05) is 11.9 Å². The summed E-state index contributed by atoms with van der Waals surface area (Å²) >= 11 is 3.36. The first-order chi connectivity index (χ1) is 12.1. The summed E-state index contributed by atoms with van der Waals surface area (Å²) in [4.78, 5) is 12.9. The standard InChI is InChI=1S/C18H16BrN3O3/c19-11-17(12-20)10-18(7-9-22(17)16(23)24)15-6-3-8-21(15)13-4-1-2-5-14(13)25-18/h1-6,8H,7,9-11H2,(H,23,24). The summed E-state index contributed by atoms with van der Waals surface area (Å²) in [6, 6.07) is 13.9. The van der Waals surface area contributed by atoms with E-state index in [9.17, 15) is 15.2 Å². The number of nitrogens with zero attached hydrogens (tertiary/aromatic N) is 3. The highest BCUT2D eigenvalue weighted by Gasteiger charge is 2.55. The molecule has 128 valence electrons. The largest absolute Gasteiger partial charge is 0.479 e. The van der Waals surface area contributed by atoms with Crippen LogP contribution in [0.2, 0.25) is 0 Å². The Labute approximate surface area is 153 Å². The third-order valence-corrected chi connectivity index (χ3v) is 6.07. The van der Waals surface area contributed by atoms with E-state index in [1.165, 1.54) is 4.90 Å². The first-order valence-corrected chi connectivity index (χ1v) is 9.11. The number of piperidine rings is 1. The molecule has 0 aliphatic carbocycles. The van der Waals surface area contributed by atoms with Crippen LogP contribution in [0.1, 0.15) is 18.5 Å². The van der Waals surface area contributed by atoms with Crippen molar-refractivity contribution in [1.82, 2.24) is 9.47 Å². The topological polar surface area (TPSA) is 78.5 Å². The van der Waals surface area contributed by atoms with E-state index in [1.54, 1.807) is 0 Å². The number of hydrogen-bond donors (Lipinski definition) is 1. The molecule has 6 nitrogen and oxygen atoms in total. The number of carboxylic acid groups (broad SMARTS) is 1. The molecule has 4 rings (SSSR count). The minimum absolute atomic E-state index is 0.232. The number of para-hydroxylation sites is 2. The van der Waals surface area contributed by atoms with Crippen molar-refractivity contribution in [3.05, 3.63) is 48.3 Å². The van der Waals surface area contributed by atoms with Gasteiger partial charge in [0.15, 0.2) is 5.60 Å². The maximum absolute atomic E-state index is 11.7. The highest BCUT2D eigenvalue weighted by Crippen LogP contribution is 2.49. The molecule has 2 unspecified atom stereocenters. The van der Waals surface area contributed by atoms with E-state index in [-0.39, 0.29) is 18.3 Å². The number of ether oxygens (including phenoxy) is 1. The summed E-state index contributed by atoms with van der Waals surface area (Å²) < 4.78 is 8.49. The molecule has 1 N–H and O–H groups in total. The molecule has 1 spiro atoms. The Balaban J connectivity index is 1.85. The Bertz CT molecular complexity index is 890. The molecule has 1 saturated heterocycles. The van der Waals surface area contributed by atoms with Crippen molar-refractivity contribution < 1.29 is 14.6 Å². The maximum Gasteiger partial charge on any atom is 0.408 e. The van der Waals surface area contributed by atoms with E-state index in [2.05, 4.69) is 26.6 Å². The molecule has 0 saturated carbocycles. The van der Waals surface area contributed by atoms with E-state index in [1.807, 2.05) is 42.6 Å². The van der Waals surface area contributed by atoms with Gasteiger partial charge >= 0.3 is 6.09 Å². The number of carbonyl (C=O) groups is 1. The number of aromatic nitrogens is 1. The molecule has 0 radical (unpaired) electrons. The molecule has 1 amide bonds. The predicted molar refractivity (Wildman–Crippen MR) is 94.2 cm³/mol. The molecule has 3 heterocycles. The summed E-state index contributed by atoms with van der Waals surface area (Å²) in [5.41, 5.74) is 0.00526. The van der Waals surface area contributed by atoms with Crippen LogP contribution in [0, 0.1) is 11.3 Å². The Morgan fingerprint density at radius 2 is 2.16 bits per heavy atom. The fourth-order valence-corrected chi connectivity index (χ4v) is 4.59. The van der Waals surface area contributed by atoms with Crippen molar-refractivity contribution in [2.45, 2.75) is 24.0 Å². The number of rotatable bonds is 1. The number of nitriles is 1. The Morgan fingerprint density at radius 1 is 1.36 bits per heavy atom. The number of benzene rings is 1. The van der Waals surface area contributed by atoms with Crippen LogP contribution >= 0.6 is 15.9 Å². The van der Waals surface area contributed by atoms with Crippen LogP contribution in [0.15, 0.2) is 42.6 Å². The van der Waals surface area contributed by atoms with Crippen LogP contribution in [-0.4, -0.2) is 38.1 Å². The van der Waals surface area contributed by atoms with Gasteiger partial charge < -0.3 is 14.4 Å². The second kappa shape index (κ2) is 5.53. The average molecular weight is 402 g/mol. The second-order valence-electron chi connectivity index (χ2n) is 6.47. The van der Waals surface area contributed by atoms with Crippen molar-refractivity contribution >= 4 is 22.0 Å². The highest BCUT2D eigenvalue weighted by molar-refractivity contribution is 9.09. The number of alkyl halides is 1. The second-order valence-corrected chi connectivity index (χ2v) is 7.03. The van der Waals surface area contributed by atoms with Gasteiger partial charge in [-0.25, -0.2) is 4.79 Å². The van der Waals surface area contributed by atoms with Gasteiger partial charge in [-0.3, -0.25) is 4.90 Å². The van der Waals surface area contributed by atoms with Gasteiger partial charge in [0, 0.05) is 30.9 Å². The van der Waals surface area contributed by atoms with Gasteiger partial charge in [-0.15, -0.1) is 0 Å². The van der Waals surface area contributed by atoms with Gasteiger partial charge in [-0.1, -0.05) is 28.1 Å². The van der Waals surface area contributed by atoms with E-state index in [0.29, 0.717) is 6.42 Å². The van der Waals surface area contributed by atoms with E-state index in [4.69, 9.17) is 4.74 Å². The summed E-state index contributed by atoms with van der Waals surface area (Å²) in [5.74, 6) is 0.747. The number of likely N-dealkylation sites (tertiary alicyclic amines) is 1. The monoisotopic (exact) mass is 401 g/mol. The van der Waals surface area contributed by atoms with Crippen LogP contribution < -0.4 is 4.74 Å². The van der Waals surface area contributed by atoms with E-state index < -0.39 is 17.2 Å². The van der Waals surface area contributed by atoms with E-state index >= 15 is 0 Å². The first kappa shape index (κ1) is 16.0. The average Bonchev–Trinajstić information content (AvgIpc) is 3.12. The maximum atomic E-state index is 11.7. The quantitative estimate of drug-likeness (QED) is 0.741. The molecule has 7 heteroatoms. The molecular formula is C18H16BrN3O3. The Hall–Kier alpha value is -2.46. The zero-order valence-electron chi connectivity index (χ0n) is 13.4. The summed E-state index contributed by atoms with van der Waals surface area (Å²) in [5, 5.41) is 19.6. The molecule has 1 aromatic heterocycles. The van der Waals surface area contributed by atoms with Gasteiger partial charge in [0.25, 0.3) is 0 Å². The van der Waals surface area contributed by atoms with Crippen molar-refractivity contribution in [3.63, 3.8) is 0 Å². The van der Waals surface area contributed by atoms with Gasteiger partial charge in [0.2, 0.25) is 0 Å². The van der Waals surface area contributed by atoms with Crippen LogP contribution in [-0.2, 0) is 5.60 Å². The lowest BCUT2D eigenvalue weighted by atomic mass is 9.76. The van der Waals surface area contributed by atoms with Crippen LogP contribution in [0.3, 0.4) is 0 Å². The lowest BCUT2D eigenvalue weighted by Gasteiger charge is -2.50. The minimum Gasteiger partial charge on any atom is -0.479 e. The van der Waals surface area contributed by atoms with Gasteiger partial charge in [0.05, 0.1) is 17.5 Å². The molecule has 2 aromatic rings. The molecule has 2 aliphatic heterocycles. The first-order valence-electron chi connectivity index (χ1n) is 7.99. The van der Waals surface area contributed by atoms with Crippen molar-refractivity contribution in [1.29, 1.82) is 5.26 Å². The smallest absolute Gasteiger partial charge is 0.408 e. The third-order valence-electron chi connectivity index (χ3n) is 5.14. The van der Waals surface area contributed by atoms with Gasteiger partial charge in [-0.05, 0) is 24.3 Å². The minimum atomic E-state index is -1.18. The number of halogens is 1. The Morgan fingerprint density at radius 3 is 2.88 bits per heavy atom. The predicted octanol–water partition coefficient (Wildman–Crippen LogP) is 3.50. The van der Waals surface area contributed by atoms with Crippen LogP contribution in [0.25, 0.3) is 5.69 Å². The highest BCUT2D eigenvalue weighted by atomic mass is 79.9. The summed E-state index contributed by atoms with van der Waals surface area (Å²) in [7, 11) is 0. The molecule has 1 fully saturated rings. The molecule has 2 atom stereocenters. The number of fused-ring (bicyclic) bond motifs is 4. The molecule has 2 aliphatic rings. The summed E-state index contributed by atoms with van der Waals surface area (Å²) in [6.07, 6.45) is 1.66. The fourth-order valence-electron chi connectivity index (χ4n) is 3.96. The lowest BCUT2D eigenvalue weighted by Crippen LogP contribution is -2.62. The van der Waals surface area contributed by atoms with Gasteiger partial charge in [0.1, 0.15) is 11.3 Å². The van der Waals surface area contributed by atoms with E-state index in [0.717, 1.165) is 17.1 Å². The lowest BCUT2D eigenvalue weighted by molar-refractivity contribution is -0.0476. The molecule has 25 heavy (non-hydrogen) atoms. The van der Waals surface area contributed by atoms with Crippen LogP contribution in [0.4, 0.5) is 4.79 Å². The molecular weight excluding hydrogens is 386 g/mol. The number of amides is 1. The molecule has 0 bridgehead atoms. The van der Waals surface area contributed by atoms with Crippen LogP contribution in [0.5, 0.6) is 5.75 Å². The SMILES string of the molecule is N#CC1(CBr)CC2(CCN1C(=O)O)Oc1ccccc1-n1cccc12. The van der Waals surface area contributed by atoms with Gasteiger partial charge in [-0.2, -0.15) is 5.26 Å². The fraction of sp³-hybridized carbons (Fsp3) is 0.333.